The molecule has 2 atom stereocenters. The number of aliphatic carboxylic acids is 1. The number of benzene rings is 1. The molecule has 0 bridgehead atoms. The minimum atomic E-state index is -0.800. The van der Waals surface area contributed by atoms with Gasteiger partial charge in [-0.25, -0.2) is 0 Å². The summed E-state index contributed by atoms with van der Waals surface area (Å²) in [5.74, 6) is -1.12. The molecule has 2 rings (SSSR count). The van der Waals surface area contributed by atoms with E-state index < -0.39 is 11.9 Å². The van der Waals surface area contributed by atoms with Crippen LogP contribution in [0.25, 0.3) is 0 Å². The van der Waals surface area contributed by atoms with Crippen LogP contribution in [0, 0.1) is 11.8 Å². The quantitative estimate of drug-likeness (QED) is 0.899. The lowest BCUT2D eigenvalue weighted by molar-refractivity contribution is -0.142. The third-order valence-corrected chi connectivity index (χ3v) is 3.75. The summed E-state index contributed by atoms with van der Waals surface area (Å²) in [6.07, 6.45) is 1.16. The number of hydrogen-bond acceptors (Lipinski definition) is 2. The zero-order valence-electron chi connectivity index (χ0n) is 11.1. The van der Waals surface area contributed by atoms with Crippen LogP contribution in [0.3, 0.4) is 0 Å². The minimum Gasteiger partial charge on any atom is -0.481 e. The highest BCUT2D eigenvalue weighted by Crippen LogP contribution is 2.23. The van der Waals surface area contributed by atoms with E-state index in [1.54, 1.807) is 4.90 Å². The number of amides is 1. The van der Waals surface area contributed by atoms with Crippen molar-refractivity contribution < 1.29 is 14.7 Å². The van der Waals surface area contributed by atoms with E-state index in [9.17, 15) is 9.59 Å². The first-order valence-electron chi connectivity index (χ1n) is 6.62. The summed E-state index contributed by atoms with van der Waals surface area (Å²) in [6.45, 7) is 2.80. The van der Waals surface area contributed by atoms with Crippen LogP contribution in [-0.4, -0.2) is 35.0 Å². The molecule has 0 unspecified atom stereocenters. The predicted octanol–water partition coefficient (Wildman–Crippen LogP) is 1.80. The van der Waals surface area contributed by atoms with Crippen molar-refractivity contribution in [1.82, 2.24) is 4.90 Å². The Morgan fingerprint density at radius 1 is 1.26 bits per heavy atom. The van der Waals surface area contributed by atoms with Gasteiger partial charge in [-0.3, -0.25) is 9.59 Å². The normalized spacial score (nSPS) is 22.5. The maximum atomic E-state index is 12.1. The number of carbonyl (C=O) groups is 2. The SMILES string of the molecule is C[C@@H]1CN(C(=O)CCc2ccccc2)C[C@H]1C(=O)O. The zero-order valence-corrected chi connectivity index (χ0v) is 11.1. The van der Waals surface area contributed by atoms with E-state index in [0.717, 1.165) is 5.56 Å². The van der Waals surface area contributed by atoms with Gasteiger partial charge >= 0.3 is 5.97 Å². The van der Waals surface area contributed by atoms with E-state index in [1.807, 2.05) is 37.3 Å². The number of rotatable bonds is 4. The molecule has 4 heteroatoms. The topological polar surface area (TPSA) is 57.6 Å². The highest BCUT2D eigenvalue weighted by molar-refractivity contribution is 5.79. The van der Waals surface area contributed by atoms with Crippen LogP contribution in [0.15, 0.2) is 30.3 Å². The number of carbonyl (C=O) groups excluding carboxylic acids is 1. The Balaban J connectivity index is 1.86. The second-order valence-corrected chi connectivity index (χ2v) is 5.21. The van der Waals surface area contributed by atoms with Crippen LogP contribution in [0.4, 0.5) is 0 Å². The van der Waals surface area contributed by atoms with Gasteiger partial charge in [-0.05, 0) is 17.9 Å². The Labute approximate surface area is 113 Å². The molecule has 4 nitrogen and oxygen atoms in total. The molecule has 1 fully saturated rings. The van der Waals surface area contributed by atoms with Gasteiger partial charge in [-0.1, -0.05) is 37.3 Å². The van der Waals surface area contributed by atoms with Crippen molar-refractivity contribution in [3.8, 4) is 0 Å². The Morgan fingerprint density at radius 3 is 2.53 bits per heavy atom. The summed E-state index contributed by atoms with van der Waals surface area (Å²) in [5.41, 5.74) is 1.14. The first kappa shape index (κ1) is 13.6. The number of nitrogens with zero attached hydrogens (tertiary/aromatic N) is 1. The third kappa shape index (κ3) is 3.34. The maximum absolute atomic E-state index is 12.1. The maximum Gasteiger partial charge on any atom is 0.308 e. The van der Waals surface area contributed by atoms with E-state index in [2.05, 4.69) is 0 Å². The molecule has 1 saturated heterocycles. The molecule has 102 valence electrons. The van der Waals surface area contributed by atoms with Gasteiger partial charge in [0.05, 0.1) is 5.92 Å². The molecule has 1 aliphatic rings. The van der Waals surface area contributed by atoms with Crippen molar-refractivity contribution >= 4 is 11.9 Å². The van der Waals surface area contributed by atoms with Crippen LogP contribution in [0.2, 0.25) is 0 Å². The number of aryl methyl sites for hydroxylation is 1. The van der Waals surface area contributed by atoms with E-state index in [4.69, 9.17) is 5.11 Å². The third-order valence-electron chi connectivity index (χ3n) is 3.75. The van der Waals surface area contributed by atoms with Gasteiger partial charge in [0, 0.05) is 19.5 Å². The number of carboxylic acids is 1. The molecule has 1 aromatic rings. The standard InChI is InChI=1S/C15H19NO3/c1-11-9-16(10-13(11)15(18)19)14(17)8-7-12-5-3-2-4-6-12/h2-6,11,13H,7-10H2,1H3,(H,18,19)/t11-,13-/m1/s1. The van der Waals surface area contributed by atoms with Crippen LogP contribution in [0.1, 0.15) is 18.9 Å². The molecular weight excluding hydrogens is 242 g/mol. The summed E-state index contributed by atoms with van der Waals surface area (Å²) in [4.78, 5) is 24.8. The van der Waals surface area contributed by atoms with Crippen LogP contribution in [-0.2, 0) is 16.0 Å². The Morgan fingerprint density at radius 2 is 1.95 bits per heavy atom. The van der Waals surface area contributed by atoms with Crippen molar-refractivity contribution in [1.29, 1.82) is 0 Å². The summed E-state index contributed by atoms with van der Waals surface area (Å²) >= 11 is 0. The molecule has 1 aliphatic heterocycles. The fourth-order valence-corrected chi connectivity index (χ4v) is 2.55. The second kappa shape index (κ2) is 5.87. The van der Waals surface area contributed by atoms with Gasteiger partial charge in [0.2, 0.25) is 5.91 Å². The lowest BCUT2D eigenvalue weighted by atomic mass is 9.99. The van der Waals surface area contributed by atoms with E-state index in [0.29, 0.717) is 25.9 Å². The van der Waals surface area contributed by atoms with Crippen molar-refractivity contribution in [2.24, 2.45) is 11.8 Å². The molecule has 0 aliphatic carbocycles. The molecule has 0 aromatic heterocycles. The molecule has 19 heavy (non-hydrogen) atoms. The van der Waals surface area contributed by atoms with Gasteiger partial charge in [0.15, 0.2) is 0 Å². The average molecular weight is 261 g/mol. The summed E-state index contributed by atoms with van der Waals surface area (Å²) in [6, 6.07) is 9.86. The predicted molar refractivity (Wildman–Crippen MR) is 71.6 cm³/mol. The van der Waals surface area contributed by atoms with Crippen molar-refractivity contribution in [2.75, 3.05) is 13.1 Å². The Bertz CT molecular complexity index is 458. The van der Waals surface area contributed by atoms with Gasteiger partial charge < -0.3 is 10.0 Å². The lowest BCUT2D eigenvalue weighted by Crippen LogP contribution is -2.30. The first-order chi connectivity index (χ1) is 9.08. The molecule has 1 aromatic carbocycles. The summed E-state index contributed by atoms with van der Waals surface area (Å²) in [5, 5.41) is 9.05. The highest BCUT2D eigenvalue weighted by atomic mass is 16.4. The molecule has 0 saturated carbocycles. The fourth-order valence-electron chi connectivity index (χ4n) is 2.55. The highest BCUT2D eigenvalue weighted by Gasteiger charge is 2.36. The van der Waals surface area contributed by atoms with E-state index in [-0.39, 0.29) is 11.8 Å². The molecular formula is C15H19NO3. The van der Waals surface area contributed by atoms with Gasteiger partial charge in [0.25, 0.3) is 0 Å². The van der Waals surface area contributed by atoms with Crippen LogP contribution in [0.5, 0.6) is 0 Å². The molecule has 1 N–H and O–H groups in total. The van der Waals surface area contributed by atoms with Crippen molar-refractivity contribution in [3.63, 3.8) is 0 Å². The van der Waals surface area contributed by atoms with Crippen LogP contribution < -0.4 is 0 Å². The Hall–Kier alpha value is -1.84. The van der Waals surface area contributed by atoms with E-state index >= 15 is 0 Å². The Kier molecular flexibility index (Phi) is 4.20. The van der Waals surface area contributed by atoms with Gasteiger partial charge in [0.1, 0.15) is 0 Å². The smallest absolute Gasteiger partial charge is 0.308 e. The fraction of sp³-hybridized carbons (Fsp3) is 0.467. The minimum absolute atomic E-state index is 0.0400. The van der Waals surface area contributed by atoms with Gasteiger partial charge in [-0.15, -0.1) is 0 Å². The summed E-state index contributed by atoms with van der Waals surface area (Å²) < 4.78 is 0. The number of likely N-dealkylation sites (tertiary alicyclic amines) is 1. The average Bonchev–Trinajstić information content (AvgIpc) is 2.79. The molecule has 0 spiro atoms. The number of carboxylic acid groups (broad SMARTS) is 1. The molecule has 0 radical (unpaired) electrons. The second-order valence-electron chi connectivity index (χ2n) is 5.21. The largest absolute Gasteiger partial charge is 0.481 e. The molecule has 1 heterocycles. The van der Waals surface area contributed by atoms with Crippen molar-refractivity contribution in [3.05, 3.63) is 35.9 Å². The monoisotopic (exact) mass is 261 g/mol. The first-order valence-corrected chi connectivity index (χ1v) is 6.62. The van der Waals surface area contributed by atoms with Gasteiger partial charge in [-0.2, -0.15) is 0 Å². The summed E-state index contributed by atoms with van der Waals surface area (Å²) in [7, 11) is 0. The van der Waals surface area contributed by atoms with Crippen molar-refractivity contribution in [2.45, 2.75) is 19.8 Å². The van der Waals surface area contributed by atoms with Crippen LogP contribution >= 0.6 is 0 Å². The lowest BCUT2D eigenvalue weighted by Gasteiger charge is -2.15. The number of hydrogen-bond donors (Lipinski definition) is 1. The molecule has 1 amide bonds. The zero-order chi connectivity index (χ0) is 13.8. The van der Waals surface area contributed by atoms with E-state index in [1.165, 1.54) is 0 Å².